The van der Waals surface area contributed by atoms with Crippen LogP contribution in [0.4, 0.5) is 0 Å². The van der Waals surface area contributed by atoms with Crippen LogP contribution >= 0.6 is 0 Å². The van der Waals surface area contributed by atoms with Gasteiger partial charge in [0, 0.05) is 13.0 Å². The molecule has 0 aromatic heterocycles. The molecule has 0 aliphatic heterocycles. The zero-order valence-corrected chi connectivity index (χ0v) is 7.72. The molecule has 0 heterocycles. The average molecular weight is 172 g/mol. The van der Waals surface area contributed by atoms with Crippen LogP contribution in [0, 0.1) is 0 Å². The molecule has 0 spiro atoms. The molecule has 12 heavy (non-hydrogen) atoms. The fraction of sp³-hybridized carbons (Fsp3) is 0.889. The second-order valence-electron chi connectivity index (χ2n) is 2.91. The number of unbranched alkanes of at least 4 members (excludes halogenated alkanes) is 3. The lowest BCUT2D eigenvalue weighted by atomic mass is 10.2. The van der Waals surface area contributed by atoms with Crippen molar-refractivity contribution in [3.05, 3.63) is 0 Å². The van der Waals surface area contributed by atoms with Gasteiger partial charge in [-0.3, -0.25) is 0 Å². The van der Waals surface area contributed by atoms with E-state index in [1.54, 1.807) is 0 Å². The Morgan fingerprint density at radius 3 is 2.50 bits per heavy atom. The molecule has 0 atom stereocenters. The molecule has 3 N–H and O–H groups in total. The van der Waals surface area contributed by atoms with Gasteiger partial charge in [0.1, 0.15) is 6.29 Å². The predicted octanol–water partition coefficient (Wildman–Crippen LogP) is 0.684. The van der Waals surface area contributed by atoms with Crippen molar-refractivity contribution in [2.75, 3.05) is 19.6 Å². The Kier molecular flexibility index (Phi) is 10.2. The molecule has 3 heteroatoms. The fourth-order valence-corrected chi connectivity index (χ4v) is 1.03. The van der Waals surface area contributed by atoms with Gasteiger partial charge in [-0.15, -0.1) is 0 Å². The molecule has 0 saturated carbocycles. The van der Waals surface area contributed by atoms with E-state index in [1.165, 1.54) is 19.3 Å². The molecule has 0 bridgehead atoms. The smallest absolute Gasteiger partial charge is 0.121 e. The Morgan fingerprint density at radius 2 is 1.83 bits per heavy atom. The van der Waals surface area contributed by atoms with Gasteiger partial charge in [0.2, 0.25) is 0 Å². The van der Waals surface area contributed by atoms with Crippen molar-refractivity contribution >= 4 is 6.29 Å². The Morgan fingerprint density at radius 1 is 1.08 bits per heavy atom. The third kappa shape index (κ3) is 9.59. The highest BCUT2D eigenvalue weighted by molar-refractivity contribution is 5.49. The average Bonchev–Trinajstić information content (AvgIpc) is 2.10. The first-order valence-electron chi connectivity index (χ1n) is 4.76. The summed E-state index contributed by atoms with van der Waals surface area (Å²) in [6, 6.07) is 0. The van der Waals surface area contributed by atoms with Gasteiger partial charge in [0.05, 0.1) is 0 Å². The lowest BCUT2D eigenvalue weighted by Gasteiger charge is -2.01. The molecule has 0 radical (unpaired) electrons. The highest BCUT2D eigenvalue weighted by Crippen LogP contribution is 1.96. The minimum atomic E-state index is 0.628. The molecule has 0 amide bonds. The van der Waals surface area contributed by atoms with Crippen LogP contribution in [-0.2, 0) is 4.79 Å². The fourth-order valence-electron chi connectivity index (χ4n) is 1.03. The predicted molar refractivity (Wildman–Crippen MR) is 51.1 cm³/mol. The molecule has 0 fully saturated rings. The molecule has 0 aliphatic carbocycles. The van der Waals surface area contributed by atoms with E-state index in [4.69, 9.17) is 5.73 Å². The number of nitrogens with one attached hydrogen (secondary N) is 1. The van der Waals surface area contributed by atoms with Crippen molar-refractivity contribution in [3.8, 4) is 0 Å². The van der Waals surface area contributed by atoms with Crippen LogP contribution in [0.25, 0.3) is 0 Å². The summed E-state index contributed by atoms with van der Waals surface area (Å²) in [6.45, 7) is 2.65. The highest BCUT2D eigenvalue weighted by Gasteiger charge is 1.88. The van der Waals surface area contributed by atoms with Gasteiger partial charge in [-0.05, 0) is 25.9 Å². The third-order valence-corrected chi connectivity index (χ3v) is 1.75. The van der Waals surface area contributed by atoms with Crippen molar-refractivity contribution in [1.29, 1.82) is 0 Å². The number of hydrogen-bond donors (Lipinski definition) is 2. The van der Waals surface area contributed by atoms with E-state index >= 15 is 0 Å². The monoisotopic (exact) mass is 172 g/mol. The first kappa shape index (κ1) is 11.6. The Hall–Kier alpha value is -0.410. The minimum absolute atomic E-state index is 0.628. The van der Waals surface area contributed by atoms with Crippen molar-refractivity contribution in [1.82, 2.24) is 5.32 Å². The Labute approximate surface area is 74.7 Å². The molecule has 0 unspecified atom stereocenters. The van der Waals surface area contributed by atoms with Gasteiger partial charge < -0.3 is 15.8 Å². The molecule has 0 saturated heterocycles. The summed E-state index contributed by atoms with van der Waals surface area (Å²) in [6.07, 6.45) is 6.37. The van der Waals surface area contributed by atoms with E-state index < -0.39 is 0 Å². The zero-order chi connectivity index (χ0) is 9.07. The second kappa shape index (κ2) is 10.6. The molecule has 0 aromatic rings. The maximum atomic E-state index is 9.93. The number of carbonyl (C=O) groups excluding carboxylic acids is 1. The summed E-state index contributed by atoms with van der Waals surface area (Å²) >= 11 is 0. The number of rotatable bonds is 9. The van der Waals surface area contributed by atoms with E-state index in [-0.39, 0.29) is 0 Å². The number of nitrogens with two attached hydrogens (primary N) is 1. The van der Waals surface area contributed by atoms with Crippen LogP contribution in [0.15, 0.2) is 0 Å². The lowest BCUT2D eigenvalue weighted by molar-refractivity contribution is -0.107. The summed E-state index contributed by atoms with van der Waals surface area (Å²) in [7, 11) is 0. The van der Waals surface area contributed by atoms with Crippen molar-refractivity contribution in [2.45, 2.75) is 32.1 Å². The molecule has 72 valence electrons. The van der Waals surface area contributed by atoms with Crippen LogP contribution in [0.5, 0.6) is 0 Å². The van der Waals surface area contributed by atoms with Crippen molar-refractivity contribution < 1.29 is 4.79 Å². The van der Waals surface area contributed by atoms with E-state index in [1.807, 2.05) is 0 Å². The molecule has 0 rings (SSSR count). The topological polar surface area (TPSA) is 55.1 Å². The SMILES string of the molecule is NCCCCCCNCCC=O. The van der Waals surface area contributed by atoms with Gasteiger partial charge in [-0.2, -0.15) is 0 Å². The van der Waals surface area contributed by atoms with Crippen LogP contribution in [-0.4, -0.2) is 25.9 Å². The van der Waals surface area contributed by atoms with Crippen LogP contribution < -0.4 is 11.1 Å². The van der Waals surface area contributed by atoms with Gasteiger partial charge in [0.25, 0.3) is 0 Å². The third-order valence-electron chi connectivity index (χ3n) is 1.75. The maximum absolute atomic E-state index is 9.93. The number of carbonyl (C=O) groups is 1. The van der Waals surface area contributed by atoms with E-state index in [9.17, 15) is 4.79 Å². The normalized spacial score (nSPS) is 10.1. The largest absolute Gasteiger partial charge is 0.330 e. The summed E-state index contributed by atoms with van der Waals surface area (Å²) in [5, 5.41) is 3.20. The van der Waals surface area contributed by atoms with Crippen LogP contribution in [0.3, 0.4) is 0 Å². The Bertz CT molecular complexity index is 96.5. The van der Waals surface area contributed by atoms with E-state index in [0.717, 1.165) is 32.3 Å². The summed E-state index contributed by atoms with van der Waals surface area (Å²) < 4.78 is 0. The maximum Gasteiger partial charge on any atom is 0.121 e. The van der Waals surface area contributed by atoms with Gasteiger partial charge >= 0.3 is 0 Å². The van der Waals surface area contributed by atoms with Crippen LogP contribution in [0.1, 0.15) is 32.1 Å². The summed E-state index contributed by atoms with van der Waals surface area (Å²) in [5.74, 6) is 0. The van der Waals surface area contributed by atoms with E-state index in [2.05, 4.69) is 5.32 Å². The summed E-state index contributed by atoms with van der Waals surface area (Å²) in [5.41, 5.74) is 5.35. The minimum Gasteiger partial charge on any atom is -0.330 e. The highest BCUT2D eigenvalue weighted by atomic mass is 16.1. The molecule has 0 aromatic carbocycles. The van der Waals surface area contributed by atoms with Crippen molar-refractivity contribution in [2.24, 2.45) is 5.73 Å². The molecular formula is C9H20N2O. The quantitative estimate of drug-likeness (QED) is 0.397. The zero-order valence-electron chi connectivity index (χ0n) is 7.72. The second-order valence-corrected chi connectivity index (χ2v) is 2.91. The lowest BCUT2D eigenvalue weighted by Crippen LogP contribution is -2.16. The standard InChI is InChI=1S/C9H20N2O/c10-6-3-1-2-4-7-11-8-5-9-12/h9,11H,1-8,10H2. The molecule has 0 aliphatic rings. The first-order chi connectivity index (χ1) is 5.91. The first-order valence-corrected chi connectivity index (χ1v) is 4.76. The van der Waals surface area contributed by atoms with E-state index in [0.29, 0.717) is 6.42 Å². The van der Waals surface area contributed by atoms with Gasteiger partial charge in [-0.1, -0.05) is 12.8 Å². The number of hydrogen-bond acceptors (Lipinski definition) is 3. The molecule has 3 nitrogen and oxygen atoms in total. The number of aldehydes is 1. The van der Waals surface area contributed by atoms with Crippen molar-refractivity contribution in [3.63, 3.8) is 0 Å². The Balaban J connectivity index is 2.77. The summed E-state index contributed by atoms with van der Waals surface area (Å²) in [4.78, 5) is 9.93. The molecular weight excluding hydrogens is 152 g/mol. The van der Waals surface area contributed by atoms with Gasteiger partial charge in [0.15, 0.2) is 0 Å². The van der Waals surface area contributed by atoms with Crippen LogP contribution in [0.2, 0.25) is 0 Å². The van der Waals surface area contributed by atoms with Gasteiger partial charge in [-0.25, -0.2) is 0 Å².